The number of nitrogens with zero attached hydrogens (tertiary/aromatic N) is 2. The fraction of sp³-hybridized carbons (Fsp3) is 0.286. The first kappa shape index (κ1) is 27.7. The number of carboxylic acids is 1. The highest BCUT2D eigenvalue weighted by atomic mass is 19.1. The summed E-state index contributed by atoms with van der Waals surface area (Å²) in [5.41, 5.74) is 1.83. The Morgan fingerprint density at radius 3 is 2.26 bits per heavy atom. The van der Waals surface area contributed by atoms with Crippen molar-refractivity contribution in [2.45, 2.75) is 32.0 Å². The monoisotopic (exact) mass is 478 g/mol. The van der Waals surface area contributed by atoms with Gasteiger partial charge in [0.25, 0.3) is 0 Å². The van der Waals surface area contributed by atoms with E-state index in [1.807, 2.05) is 31.1 Å². The molecule has 1 atom stereocenters. The van der Waals surface area contributed by atoms with E-state index in [4.69, 9.17) is 10.4 Å². The molecule has 7 heteroatoms. The van der Waals surface area contributed by atoms with Crippen LogP contribution in [0, 0.1) is 24.1 Å². The molecular formula is C28H31FN2O4. The van der Waals surface area contributed by atoms with Crippen LogP contribution in [0.5, 0.6) is 0 Å². The Bertz CT molecular complexity index is 1170. The van der Waals surface area contributed by atoms with Gasteiger partial charge in [-0.1, -0.05) is 36.4 Å². The van der Waals surface area contributed by atoms with Gasteiger partial charge in [0.05, 0.1) is 23.8 Å². The highest BCUT2D eigenvalue weighted by Gasteiger charge is 2.33. The van der Waals surface area contributed by atoms with E-state index < -0.39 is 11.6 Å². The third-order valence-electron chi connectivity index (χ3n) is 5.69. The molecule has 35 heavy (non-hydrogen) atoms. The SMILES string of the molecule is CN(C)CCC[C@](O)(c1ccc(F)cc1)c1ccc(C#N)cc1CO.Cc1ccccc1C(=O)O. The lowest BCUT2D eigenvalue weighted by molar-refractivity contribution is 0.0640. The first-order valence-electron chi connectivity index (χ1n) is 11.2. The summed E-state index contributed by atoms with van der Waals surface area (Å²) in [6.45, 7) is 2.28. The van der Waals surface area contributed by atoms with E-state index in [-0.39, 0.29) is 12.4 Å². The summed E-state index contributed by atoms with van der Waals surface area (Å²) in [6, 6.07) is 19.6. The van der Waals surface area contributed by atoms with E-state index in [1.54, 1.807) is 55.5 Å². The topological polar surface area (TPSA) is 105 Å². The summed E-state index contributed by atoms with van der Waals surface area (Å²) < 4.78 is 13.3. The average Bonchev–Trinajstić information content (AvgIpc) is 2.84. The number of hydrogen-bond donors (Lipinski definition) is 3. The lowest BCUT2D eigenvalue weighted by atomic mass is 9.80. The molecule has 0 aliphatic heterocycles. The van der Waals surface area contributed by atoms with E-state index in [1.165, 1.54) is 12.1 Å². The maximum absolute atomic E-state index is 13.3. The number of hydrogen-bond acceptors (Lipinski definition) is 5. The first-order chi connectivity index (χ1) is 16.6. The molecule has 0 radical (unpaired) electrons. The Morgan fingerprint density at radius 2 is 1.74 bits per heavy atom. The Labute approximate surface area is 205 Å². The van der Waals surface area contributed by atoms with Crippen molar-refractivity contribution in [3.63, 3.8) is 0 Å². The van der Waals surface area contributed by atoms with Crippen LogP contribution in [0.25, 0.3) is 0 Å². The van der Waals surface area contributed by atoms with Crippen molar-refractivity contribution in [1.82, 2.24) is 4.90 Å². The van der Waals surface area contributed by atoms with Gasteiger partial charge in [0.15, 0.2) is 0 Å². The molecule has 0 aliphatic rings. The minimum Gasteiger partial charge on any atom is -0.478 e. The number of nitriles is 1. The lowest BCUT2D eigenvalue weighted by Crippen LogP contribution is -2.30. The number of aliphatic hydroxyl groups is 2. The predicted octanol–water partition coefficient (Wildman–Crippen LogP) is 4.46. The molecule has 0 heterocycles. The zero-order valence-electron chi connectivity index (χ0n) is 20.2. The van der Waals surface area contributed by atoms with Crippen LogP contribution in [0.15, 0.2) is 66.7 Å². The van der Waals surface area contributed by atoms with Gasteiger partial charge in [0.1, 0.15) is 11.4 Å². The van der Waals surface area contributed by atoms with Crippen LogP contribution in [0.2, 0.25) is 0 Å². The summed E-state index contributed by atoms with van der Waals surface area (Å²) in [6.07, 6.45) is 1.13. The first-order valence-corrected chi connectivity index (χ1v) is 11.2. The largest absolute Gasteiger partial charge is 0.478 e. The van der Waals surface area contributed by atoms with Crippen LogP contribution >= 0.6 is 0 Å². The number of carbonyl (C=O) groups is 1. The van der Waals surface area contributed by atoms with Crippen molar-refractivity contribution in [2.75, 3.05) is 20.6 Å². The van der Waals surface area contributed by atoms with Gasteiger partial charge in [-0.05, 0) is 93.0 Å². The Kier molecular flexibility index (Phi) is 10.1. The third kappa shape index (κ3) is 7.46. The number of aryl methyl sites for hydroxylation is 1. The minimum atomic E-state index is -1.37. The molecule has 0 bridgehead atoms. The summed E-state index contributed by atoms with van der Waals surface area (Å²) in [5.74, 6) is -1.24. The van der Waals surface area contributed by atoms with Crippen molar-refractivity contribution >= 4 is 5.97 Å². The van der Waals surface area contributed by atoms with Crippen molar-refractivity contribution in [2.24, 2.45) is 0 Å². The molecule has 6 nitrogen and oxygen atoms in total. The Morgan fingerprint density at radius 1 is 1.09 bits per heavy atom. The Balaban J connectivity index is 0.000000360. The molecule has 0 saturated carbocycles. The zero-order valence-corrected chi connectivity index (χ0v) is 20.2. The summed E-state index contributed by atoms with van der Waals surface area (Å²) in [5, 5.41) is 38.8. The van der Waals surface area contributed by atoms with Crippen LogP contribution in [-0.4, -0.2) is 46.8 Å². The molecule has 3 rings (SSSR count). The van der Waals surface area contributed by atoms with Gasteiger partial charge in [-0.15, -0.1) is 0 Å². The number of rotatable bonds is 8. The fourth-order valence-electron chi connectivity index (χ4n) is 3.82. The molecule has 0 saturated heterocycles. The smallest absolute Gasteiger partial charge is 0.335 e. The molecule has 0 spiro atoms. The van der Waals surface area contributed by atoms with Crippen LogP contribution in [0.3, 0.4) is 0 Å². The molecule has 3 N–H and O–H groups in total. The van der Waals surface area contributed by atoms with E-state index in [0.29, 0.717) is 40.7 Å². The second kappa shape index (κ2) is 12.8. The number of benzene rings is 3. The molecule has 0 unspecified atom stereocenters. The number of aliphatic hydroxyl groups excluding tert-OH is 1. The standard InChI is InChI=1S/C20H23FN2O2.C8H8O2/c1-23(2)11-3-10-20(25,17-5-7-18(21)8-6-17)19-9-4-15(13-22)12-16(19)14-24;1-6-4-2-3-5-7(6)8(9)10/h4-9,12,24-25H,3,10-11,14H2,1-2H3;2-5H,1H3,(H,9,10)/t20-;/m0./s1. The summed E-state index contributed by atoms with van der Waals surface area (Å²) in [4.78, 5) is 12.4. The minimum absolute atomic E-state index is 0.290. The second-order valence-electron chi connectivity index (χ2n) is 8.54. The van der Waals surface area contributed by atoms with Crippen molar-refractivity contribution in [1.29, 1.82) is 5.26 Å². The average molecular weight is 479 g/mol. The van der Waals surface area contributed by atoms with Crippen LogP contribution in [0.1, 0.15) is 51.0 Å². The quantitative estimate of drug-likeness (QED) is 0.442. The van der Waals surface area contributed by atoms with E-state index in [9.17, 15) is 19.4 Å². The maximum atomic E-state index is 13.3. The number of aromatic carboxylic acids is 1. The fourth-order valence-corrected chi connectivity index (χ4v) is 3.82. The van der Waals surface area contributed by atoms with Crippen molar-refractivity contribution in [3.05, 3.63) is 106 Å². The molecular weight excluding hydrogens is 447 g/mol. The van der Waals surface area contributed by atoms with E-state index >= 15 is 0 Å². The highest BCUT2D eigenvalue weighted by Crippen LogP contribution is 2.36. The van der Waals surface area contributed by atoms with Gasteiger partial charge in [-0.3, -0.25) is 0 Å². The summed E-state index contributed by atoms with van der Waals surface area (Å²) in [7, 11) is 3.91. The maximum Gasteiger partial charge on any atom is 0.335 e. The van der Waals surface area contributed by atoms with Gasteiger partial charge in [-0.25, -0.2) is 9.18 Å². The van der Waals surface area contributed by atoms with Crippen LogP contribution in [-0.2, 0) is 12.2 Å². The van der Waals surface area contributed by atoms with Gasteiger partial charge < -0.3 is 20.2 Å². The number of carboxylic acid groups (broad SMARTS) is 1. The highest BCUT2D eigenvalue weighted by molar-refractivity contribution is 5.89. The van der Waals surface area contributed by atoms with Crippen molar-refractivity contribution < 1.29 is 24.5 Å². The molecule has 0 aromatic heterocycles. The van der Waals surface area contributed by atoms with E-state index in [2.05, 4.69) is 0 Å². The molecule has 3 aromatic carbocycles. The van der Waals surface area contributed by atoms with Crippen LogP contribution in [0.4, 0.5) is 4.39 Å². The van der Waals surface area contributed by atoms with Gasteiger partial charge in [-0.2, -0.15) is 5.26 Å². The molecule has 0 aliphatic carbocycles. The number of halogens is 1. The lowest BCUT2D eigenvalue weighted by Gasteiger charge is -2.32. The van der Waals surface area contributed by atoms with E-state index in [0.717, 1.165) is 12.1 Å². The third-order valence-corrected chi connectivity index (χ3v) is 5.69. The normalized spacial score (nSPS) is 12.3. The molecule has 184 valence electrons. The Hall–Kier alpha value is -3.57. The summed E-state index contributed by atoms with van der Waals surface area (Å²) >= 11 is 0. The van der Waals surface area contributed by atoms with Gasteiger partial charge in [0, 0.05) is 0 Å². The molecule has 0 amide bonds. The second-order valence-corrected chi connectivity index (χ2v) is 8.54. The molecule has 0 fully saturated rings. The molecule has 3 aromatic rings. The zero-order chi connectivity index (χ0) is 26.0. The van der Waals surface area contributed by atoms with Crippen LogP contribution < -0.4 is 0 Å². The van der Waals surface area contributed by atoms with Gasteiger partial charge >= 0.3 is 5.97 Å². The van der Waals surface area contributed by atoms with Gasteiger partial charge in [0.2, 0.25) is 0 Å². The van der Waals surface area contributed by atoms with Crippen molar-refractivity contribution in [3.8, 4) is 6.07 Å². The predicted molar refractivity (Wildman–Crippen MR) is 132 cm³/mol.